The summed E-state index contributed by atoms with van der Waals surface area (Å²) < 4.78 is 4.83. The monoisotopic (exact) mass is 930 g/mol. The van der Waals surface area contributed by atoms with Crippen LogP contribution in [0.1, 0.15) is 50.7 Å². The minimum atomic E-state index is 1.10. The van der Waals surface area contributed by atoms with Gasteiger partial charge in [-0.3, -0.25) is 0 Å². The molecule has 0 aliphatic heterocycles. The molecule has 0 amide bonds. The highest BCUT2D eigenvalue weighted by Gasteiger charge is 2.19. The summed E-state index contributed by atoms with van der Waals surface area (Å²) in [6.07, 6.45) is 7.02. The average molecular weight is 931 g/mol. The Balaban J connectivity index is 0.833. The molecule has 72 heavy (non-hydrogen) atoms. The van der Waals surface area contributed by atoms with Crippen LogP contribution in [0.4, 0.5) is 34.1 Å². The SMILES string of the molecule is CCCCc1ccc2c(c1)c1ccccc1n2-c1ccc(N(c2ccccc2)c2ccc(-c3ccc(N(c4ccccc4)c4ccc(-n5c6ccccc6c6cc(CCCC)ccc65)cc4)cc3)cc2)cc1. The largest absolute Gasteiger partial charge is 0.311 e. The van der Waals surface area contributed by atoms with Crippen LogP contribution in [0.25, 0.3) is 66.1 Å². The van der Waals surface area contributed by atoms with Crippen molar-refractivity contribution in [2.45, 2.75) is 52.4 Å². The highest BCUT2D eigenvalue weighted by atomic mass is 15.1. The maximum atomic E-state index is 2.41. The zero-order valence-corrected chi connectivity index (χ0v) is 41.1. The molecule has 2 heterocycles. The van der Waals surface area contributed by atoms with Crippen LogP contribution >= 0.6 is 0 Å². The maximum absolute atomic E-state index is 2.41. The lowest BCUT2D eigenvalue weighted by molar-refractivity contribution is 0.796. The Morgan fingerprint density at radius 2 is 0.611 bits per heavy atom. The van der Waals surface area contributed by atoms with Gasteiger partial charge >= 0.3 is 0 Å². The zero-order chi connectivity index (χ0) is 48.4. The fourth-order valence-corrected chi connectivity index (χ4v) is 10.8. The van der Waals surface area contributed by atoms with E-state index in [1.807, 2.05) is 0 Å². The van der Waals surface area contributed by atoms with E-state index in [1.54, 1.807) is 0 Å². The van der Waals surface area contributed by atoms with E-state index in [-0.39, 0.29) is 0 Å². The molecule has 4 heteroatoms. The number of hydrogen-bond donors (Lipinski definition) is 0. The van der Waals surface area contributed by atoms with Gasteiger partial charge in [0.2, 0.25) is 0 Å². The second-order valence-electron chi connectivity index (χ2n) is 19.1. The van der Waals surface area contributed by atoms with Gasteiger partial charge in [0.1, 0.15) is 0 Å². The van der Waals surface area contributed by atoms with Crippen molar-refractivity contribution in [2.75, 3.05) is 9.80 Å². The Bertz CT molecular complexity index is 3540. The number of unbranched alkanes of at least 4 members (excludes halogenated alkanes) is 2. The molecule has 10 aromatic carbocycles. The third-order valence-corrected chi connectivity index (χ3v) is 14.5. The van der Waals surface area contributed by atoms with Gasteiger partial charge in [-0.2, -0.15) is 0 Å². The van der Waals surface area contributed by atoms with Gasteiger partial charge in [-0.15, -0.1) is 0 Å². The quantitative estimate of drug-likeness (QED) is 0.102. The number of hydrogen-bond acceptors (Lipinski definition) is 2. The Hall–Kier alpha value is -8.60. The topological polar surface area (TPSA) is 16.3 Å². The Morgan fingerprint density at radius 3 is 0.986 bits per heavy atom. The fourth-order valence-electron chi connectivity index (χ4n) is 10.8. The van der Waals surface area contributed by atoms with Crippen LogP contribution in [0.2, 0.25) is 0 Å². The molecule has 0 aliphatic carbocycles. The van der Waals surface area contributed by atoms with E-state index < -0.39 is 0 Å². The Morgan fingerprint density at radius 1 is 0.292 bits per heavy atom. The lowest BCUT2D eigenvalue weighted by atomic mass is 10.0. The normalized spacial score (nSPS) is 11.5. The highest BCUT2D eigenvalue weighted by molar-refractivity contribution is 6.10. The van der Waals surface area contributed by atoms with Crippen LogP contribution in [0.3, 0.4) is 0 Å². The second-order valence-corrected chi connectivity index (χ2v) is 19.1. The lowest BCUT2D eigenvalue weighted by Gasteiger charge is -2.26. The van der Waals surface area contributed by atoms with Gasteiger partial charge in [-0.1, -0.05) is 136 Å². The van der Waals surface area contributed by atoms with E-state index in [0.717, 1.165) is 69.5 Å². The summed E-state index contributed by atoms with van der Waals surface area (Å²) in [6.45, 7) is 4.52. The van der Waals surface area contributed by atoms with Crippen LogP contribution in [0.5, 0.6) is 0 Å². The molecule has 0 saturated heterocycles. The smallest absolute Gasteiger partial charge is 0.0541 e. The first-order chi connectivity index (χ1) is 35.6. The van der Waals surface area contributed by atoms with Gasteiger partial charge in [0.05, 0.1) is 22.1 Å². The fraction of sp³-hybridized carbons (Fsp3) is 0.118. The van der Waals surface area contributed by atoms with Crippen molar-refractivity contribution in [2.24, 2.45) is 0 Å². The van der Waals surface area contributed by atoms with E-state index >= 15 is 0 Å². The van der Waals surface area contributed by atoms with Gasteiger partial charge in [-0.25, -0.2) is 0 Å². The summed E-state index contributed by atoms with van der Waals surface area (Å²) in [5.41, 5.74) is 19.0. The van der Waals surface area contributed by atoms with Gasteiger partial charge in [0.15, 0.2) is 0 Å². The van der Waals surface area contributed by atoms with E-state index in [0.29, 0.717) is 0 Å². The molecule has 0 spiro atoms. The molecule has 0 N–H and O–H groups in total. The van der Waals surface area contributed by atoms with Crippen molar-refractivity contribution in [3.63, 3.8) is 0 Å². The van der Waals surface area contributed by atoms with Crippen LogP contribution in [-0.4, -0.2) is 9.13 Å². The van der Waals surface area contributed by atoms with Gasteiger partial charge in [0, 0.05) is 67.0 Å². The minimum absolute atomic E-state index is 1.10. The van der Waals surface area contributed by atoms with Crippen molar-refractivity contribution in [1.82, 2.24) is 9.13 Å². The number of rotatable bonds is 15. The first-order valence-corrected chi connectivity index (χ1v) is 25.8. The summed E-state index contributed by atoms with van der Waals surface area (Å²) in [7, 11) is 0. The number of fused-ring (bicyclic) bond motifs is 6. The first kappa shape index (κ1) is 44.6. The third kappa shape index (κ3) is 8.39. The molecular weight excluding hydrogens is 873 g/mol. The molecule has 12 rings (SSSR count). The highest BCUT2D eigenvalue weighted by Crippen LogP contribution is 2.41. The van der Waals surface area contributed by atoms with Crippen LogP contribution in [-0.2, 0) is 12.8 Å². The first-order valence-electron chi connectivity index (χ1n) is 25.8. The molecule has 12 aromatic rings. The van der Waals surface area contributed by atoms with Gasteiger partial charge in [0.25, 0.3) is 0 Å². The molecule has 4 nitrogen and oxygen atoms in total. The van der Waals surface area contributed by atoms with Crippen LogP contribution in [0.15, 0.2) is 243 Å². The van der Waals surface area contributed by atoms with Gasteiger partial charge in [-0.05, 0) is 181 Å². The van der Waals surface area contributed by atoms with E-state index in [4.69, 9.17) is 0 Å². The molecule has 0 unspecified atom stereocenters. The minimum Gasteiger partial charge on any atom is -0.311 e. The molecule has 350 valence electrons. The van der Waals surface area contributed by atoms with Crippen LogP contribution in [0, 0.1) is 0 Å². The molecule has 0 aliphatic rings. The molecular formula is C68H58N4. The molecule has 0 saturated carbocycles. The molecule has 0 fully saturated rings. The van der Waals surface area contributed by atoms with Crippen molar-refractivity contribution >= 4 is 77.7 Å². The summed E-state index contributed by atoms with van der Waals surface area (Å²) in [5, 5.41) is 5.22. The molecule has 2 aromatic heterocycles. The number of aryl methyl sites for hydroxylation is 2. The Labute approximate surface area is 423 Å². The number of anilines is 6. The summed E-state index contributed by atoms with van der Waals surface area (Å²) >= 11 is 0. The average Bonchev–Trinajstić information content (AvgIpc) is 3.95. The summed E-state index contributed by atoms with van der Waals surface area (Å²) in [6, 6.07) is 89.1. The van der Waals surface area contributed by atoms with Crippen molar-refractivity contribution in [1.29, 1.82) is 0 Å². The maximum Gasteiger partial charge on any atom is 0.0541 e. The molecule has 0 radical (unpaired) electrons. The van der Waals surface area contributed by atoms with Crippen molar-refractivity contribution in [3.8, 4) is 22.5 Å². The van der Waals surface area contributed by atoms with E-state index in [9.17, 15) is 0 Å². The number of para-hydroxylation sites is 4. The predicted molar refractivity (Wildman–Crippen MR) is 307 cm³/mol. The molecule has 0 bridgehead atoms. The third-order valence-electron chi connectivity index (χ3n) is 14.5. The number of aromatic nitrogens is 2. The lowest BCUT2D eigenvalue weighted by Crippen LogP contribution is -2.10. The number of nitrogens with zero attached hydrogens (tertiary/aromatic N) is 4. The standard InChI is InChI=1S/C68H58N4/c1-3-5-17-49-27-45-67-63(47-49)61-23-13-15-25-65(61)71(67)59-41-37-57(38-42-59)69(53-19-9-7-10-20-53)55-33-29-51(30-34-55)52-31-35-56(36-32-52)70(54-21-11-8-12-22-54)58-39-43-60(44-40-58)72-66-26-16-14-24-62(66)64-48-50(18-6-4-2)28-46-68(64)72/h7-16,19-48H,3-6,17-18H2,1-2H3. The molecule has 0 atom stereocenters. The van der Waals surface area contributed by atoms with Crippen LogP contribution < -0.4 is 9.80 Å². The summed E-state index contributed by atoms with van der Waals surface area (Å²) in [5.74, 6) is 0. The zero-order valence-electron chi connectivity index (χ0n) is 41.1. The number of benzene rings is 10. The van der Waals surface area contributed by atoms with Crippen molar-refractivity contribution in [3.05, 3.63) is 254 Å². The summed E-state index contributed by atoms with van der Waals surface area (Å²) in [4.78, 5) is 4.69. The predicted octanol–water partition coefficient (Wildman–Crippen LogP) is 19.2. The van der Waals surface area contributed by atoms with Crippen molar-refractivity contribution < 1.29 is 0 Å². The second kappa shape index (κ2) is 19.7. The van der Waals surface area contributed by atoms with Gasteiger partial charge < -0.3 is 18.9 Å². The Kier molecular flexibility index (Phi) is 12.2. The van der Waals surface area contributed by atoms with E-state index in [2.05, 4.69) is 275 Å². The van der Waals surface area contributed by atoms with E-state index in [1.165, 1.54) is 80.4 Å².